The van der Waals surface area contributed by atoms with Gasteiger partial charge in [-0.1, -0.05) is 56.7 Å². The second-order valence-corrected chi connectivity index (χ2v) is 11.4. The van der Waals surface area contributed by atoms with E-state index in [1.165, 1.54) is 18.2 Å². The molecule has 3 rings (SSSR count). The number of nitrogens with zero attached hydrogens (tertiary/aromatic N) is 2. The van der Waals surface area contributed by atoms with Crippen molar-refractivity contribution in [1.82, 2.24) is 0 Å². The van der Waals surface area contributed by atoms with Crippen LogP contribution in [0, 0.1) is 32.6 Å². The van der Waals surface area contributed by atoms with Gasteiger partial charge in [0.05, 0.1) is 16.3 Å². The van der Waals surface area contributed by atoms with Crippen molar-refractivity contribution in [2.75, 3.05) is 26.4 Å². The van der Waals surface area contributed by atoms with Gasteiger partial charge in [0.25, 0.3) is 5.69 Å². The Hall–Kier alpha value is -7.93. The van der Waals surface area contributed by atoms with Crippen LogP contribution in [-0.4, -0.2) is 97.6 Å². The third-order valence-electron chi connectivity index (χ3n) is 7.31. The molecule has 0 saturated carbocycles. The number of nitro benzene ring substituents is 2. The fourth-order valence-corrected chi connectivity index (χ4v) is 4.83. The van der Waals surface area contributed by atoms with E-state index >= 15 is 0 Å². The Labute approximate surface area is 340 Å². The number of ether oxygens (including phenoxy) is 11. The Morgan fingerprint density at radius 3 is 1.78 bits per heavy atom. The minimum atomic E-state index is -2.16. The minimum Gasteiger partial charge on any atom is -0.459 e. The summed E-state index contributed by atoms with van der Waals surface area (Å²) in [5.74, 6) is 0.191. The highest BCUT2D eigenvalue weighted by Crippen LogP contribution is 2.37. The van der Waals surface area contributed by atoms with Gasteiger partial charge >= 0.3 is 36.3 Å². The first-order chi connectivity index (χ1) is 28.8. The third-order valence-corrected chi connectivity index (χ3v) is 7.31. The van der Waals surface area contributed by atoms with Gasteiger partial charge < -0.3 is 52.1 Å². The molecule has 0 spiro atoms. The van der Waals surface area contributed by atoms with Gasteiger partial charge in [-0.3, -0.25) is 20.2 Å². The van der Waals surface area contributed by atoms with E-state index < -0.39 is 115 Å². The fraction of sp³-hybridized carbons (Fsp3) is 0.289. The summed E-state index contributed by atoms with van der Waals surface area (Å²) in [7, 11) is 0. The molecule has 6 atom stereocenters. The molecule has 1 unspecified atom stereocenters. The highest BCUT2D eigenvalue weighted by molar-refractivity contribution is 5.77. The van der Waals surface area contributed by atoms with Crippen molar-refractivity contribution in [3.63, 3.8) is 0 Å². The highest BCUT2D eigenvalue weighted by atomic mass is 16.8. The van der Waals surface area contributed by atoms with Crippen LogP contribution in [-0.2, 0) is 47.4 Å². The molecule has 0 radical (unpaired) electrons. The maximum Gasteiger partial charge on any atom is 0.514 e. The van der Waals surface area contributed by atoms with Gasteiger partial charge in [0.1, 0.15) is 38.3 Å². The first-order valence-corrected chi connectivity index (χ1v) is 17.0. The molecule has 0 aromatic heterocycles. The van der Waals surface area contributed by atoms with Crippen molar-refractivity contribution >= 4 is 42.0 Å². The summed E-state index contributed by atoms with van der Waals surface area (Å²) < 4.78 is 57.8. The largest absolute Gasteiger partial charge is 0.514 e. The number of benzene rings is 2. The number of terminal acetylenes is 1. The quantitative estimate of drug-likeness (QED) is 0.0292. The van der Waals surface area contributed by atoms with Crippen LogP contribution in [0.1, 0.15) is 18.1 Å². The van der Waals surface area contributed by atoms with Gasteiger partial charge in [-0.25, -0.2) is 24.0 Å². The number of carbonyl (C=O) groups excluding carboxylic acids is 5. The predicted molar refractivity (Wildman–Crippen MR) is 199 cm³/mol. The zero-order valence-corrected chi connectivity index (χ0v) is 31.3. The van der Waals surface area contributed by atoms with E-state index in [4.69, 9.17) is 58.5 Å². The normalized spacial score (nSPS) is 18.2. The summed E-state index contributed by atoms with van der Waals surface area (Å²) in [5.41, 5.74) is -1.20. The van der Waals surface area contributed by atoms with Crippen molar-refractivity contribution in [2.24, 2.45) is 0 Å². The molecule has 60 heavy (non-hydrogen) atoms. The minimum absolute atomic E-state index is 0.0680. The number of esters is 1. The summed E-state index contributed by atoms with van der Waals surface area (Å²) in [6.07, 6.45) is -7.89. The van der Waals surface area contributed by atoms with Gasteiger partial charge in [0.15, 0.2) is 24.1 Å². The Kier molecular flexibility index (Phi) is 18.1. The molecule has 22 heteroatoms. The topological polar surface area (TPSA) is 273 Å². The molecule has 0 aliphatic carbocycles. The number of nitro groups is 2. The molecule has 22 nitrogen and oxygen atoms in total. The average Bonchev–Trinajstić information content (AvgIpc) is 3.22. The first-order valence-electron chi connectivity index (χ1n) is 17.0. The number of rotatable bonds is 20. The van der Waals surface area contributed by atoms with Crippen LogP contribution in [0.15, 0.2) is 93.1 Å². The van der Waals surface area contributed by atoms with E-state index in [9.17, 15) is 44.2 Å². The molecule has 318 valence electrons. The van der Waals surface area contributed by atoms with Crippen LogP contribution >= 0.6 is 0 Å². The van der Waals surface area contributed by atoms with Crippen LogP contribution in [0.3, 0.4) is 0 Å². The van der Waals surface area contributed by atoms with Crippen LogP contribution < -0.4 is 9.47 Å². The van der Waals surface area contributed by atoms with Crippen LogP contribution in [0.25, 0.3) is 0 Å². The van der Waals surface area contributed by atoms with Gasteiger partial charge in [-0.15, -0.1) is 12.3 Å². The lowest BCUT2D eigenvalue weighted by molar-refractivity contribution is -0.387. The lowest BCUT2D eigenvalue weighted by Gasteiger charge is -2.42. The molecule has 1 aliphatic heterocycles. The summed E-state index contributed by atoms with van der Waals surface area (Å²) in [6, 6.07) is 7.46. The smallest absolute Gasteiger partial charge is 0.459 e. The molecule has 2 aromatic rings. The highest BCUT2D eigenvalue weighted by Gasteiger charge is 2.57. The van der Waals surface area contributed by atoms with Crippen LogP contribution in [0.4, 0.5) is 30.6 Å². The van der Waals surface area contributed by atoms with Gasteiger partial charge in [0.2, 0.25) is 12.4 Å². The summed E-state index contributed by atoms with van der Waals surface area (Å²) in [5, 5.41) is 23.4. The maximum absolute atomic E-state index is 13.4. The first kappa shape index (κ1) is 46.5. The van der Waals surface area contributed by atoms with E-state index in [-0.39, 0.29) is 23.4 Å². The van der Waals surface area contributed by atoms with E-state index in [0.29, 0.717) is 0 Å². The Morgan fingerprint density at radius 2 is 1.27 bits per heavy atom. The van der Waals surface area contributed by atoms with Crippen molar-refractivity contribution in [3.05, 3.63) is 119 Å². The van der Waals surface area contributed by atoms with E-state index in [0.717, 1.165) is 48.6 Å². The fourth-order valence-electron chi connectivity index (χ4n) is 4.83. The number of carbonyl (C=O) groups is 5. The molecule has 1 saturated heterocycles. The van der Waals surface area contributed by atoms with E-state index in [1.807, 2.05) is 0 Å². The second-order valence-electron chi connectivity index (χ2n) is 11.4. The zero-order valence-electron chi connectivity index (χ0n) is 31.3. The van der Waals surface area contributed by atoms with E-state index in [1.54, 1.807) is 0 Å². The number of non-ortho nitro benzene ring substituents is 1. The second kappa shape index (κ2) is 23.3. The van der Waals surface area contributed by atoms with Crippen molar-refractivity contribution in [3.8, 4) is 23.8 Å². The van der Waals surface area contributed by atoms with Gasteiger partial charge in [-0.2, -0.15) is 0 Å². The van der Waals surface area contributed by atoms with Crippen molar-refractivity contribution < 1.29 is 85.9 Å². The summed E-state index contributed by atoms with van der Waals surface area (Å²) in [6.45, 7) is 12.0. The molecule has 1 aliphatic rings. The lowest BCUT2D eigenvalue weighted by atomic mass is 9.98. The number of hydrogen-bond acceptors (Lipinski definition) is 20. The average molecular weight is 841 g/mol. The Morgan fingerprint density at radius 1 is 0.733 bits per heavy atom. The molecular formula is C38H36N2O20. The van der Waals surface area contributed by atoms with Gasteiger partial charge in [0, 0.05) is 23.8 Å². The molecule has 1 fully saturated rings. The van der Waals surface area contributed by atoms with Crippen LogP contribution in [0.5, 0.6) is 11.5 Å². The SMILES string of the molecule is C#CCC(OC(=O)Oc1ccc([N+](=O)[O-])cc1)c1ccc(O[C@@H]2O[C@H](C(=O)OCC=C)[C@@H](OC(=O)OCC=C)[C@H](OC(=O)OCC=C)[C@H]2OC(=O)OCC=C)c([N+](=O)[O-])c1. The summed E-state index contributed by atoms with van der Waals surface area (Å²) in [4.78, 5) is 86.3. The van der Waals surface area contributed by atoms with E-state index in [2.05, 4.69) is 32.2 Å². The summed E-state index contributed by atoms with van der Waals surface area (Å²) >= 11 is 0. The molecular weight excluding hydrogens is 804 g/mol. The molecule has 0 bridgehead atoms. The van der Waals surface area contributed by atoms with Crippen molar-refractivity contribution in [2.45, 2.75) is 43.2 Å². The Balaban J connectivity index is 2.10. The molecule has 2 aromatic carbocycles. The molecule has 0 N–H and O–H groups in total. The molecule has 0 amide bonds. The van der Waals surface area contributed by atoms with Crippen LogP contribution in [0.2, 0.25) is 0 Å². The maximum atomic E-state index is 13.4. The van der Waals surface area contributed by atoms with Gasteiger partial charge in [-0.05, 0) is 18.2 Å². The number of hydrogen-bond donors (Lipinski definition) is 0. The predicted octanol–water partition coefficient (Wildman–Crippen LogP) is 5.74. The standard InChI is InChI=1S/C38H36N2O20/c1-6-11-27(56-38(45)54-25-15-13-24(14-16-25)39(46)47)23-12-17-28(26(22-23)40(48)49)55-34-32(60-37(44)53-21-10-5)30(59-36(43)52-20-9-4)29(58-35(42)51-19-8-3)31(57-34)33(41)50-18-7-2/h1,7-10,12-17,22,27,29-32,34H,2-5,11,18-21H2/t27?,29-,30-,31-,32+,34+/m0/s1. The third kappa shape index (κ3) is 13.6. The Bertz CT molecular complexity index is 1970. The zero-order chi connectivity index (χ0) is 44.2. The van der Waals surface area contributed by atoms with Crippen molar-refractivity contribution in [1.29, 1.82) is 0 Å². The lowest BCUT2D eigenvalue weighted by Crippen LogP contribution is -2.64. The molecule has 1 heterocycles. The monoisotopic (exact) mass is 840 g/mol.